The van der Waals surface area contributed by atoms with Crippen LogP contribution in [0.4, 0.5) is 8.78 Å². The second-order valence-electron chi connectivity index (χ2n) is 6.67. The van der Waals surface area contributed by atoms with Gasteiger partial charge in [0.1, 0.15) is 23.0 Å². The minimum absolute atomic E-state index is 0.0846. The molecule has 3 unspecified atom stereocenters. The fourth-order valence-electron chi connectivity index (χ4n) is 2.93. The van der Waals surface area contributed by atoms with Crippen LogP contribution in [0.5, 0.6) is 0 Å². The summed E-state index contributed by atoms with van der Waals surface area (Å²) in [4.78, 5) is 4.39. The van der Waals surface area contributed by atoms with E-state index in [-0.39, 0.29) is 24.1 Å². The van der Waals surface area contributed by atoms with Crippen molar-refractivity contribution in [3.8, 4) is 0 Å². The molecule has 1 heterocycles. The van der Waals surface area contributed by atoms with Crippen LogP contribution in [-0.2, 0) is 5.60 Å². The van der Waals surface area contributed by atoms with Gasteiger partial charge in [0.2, 0.25) is 0 Å². The third-order valence-corrected chi connectivity index (χ3v) is 4.42. The fraction of sp³-hybridized carbons (Fsp3) is 0.421. The first-order chi connectivity index (χ1) is 12.4. The molecular weight excluding hydrogens is 340 g/mol. The summed E-state index contributed by atoms with van der Waals surface area (Å²) >= 11 is 0. The van der Waals surface area contributed by atoms with Crippen LogP contribution in [0.25, 0.3) is 0 Å². The molecule has 3 atom stereocenters. The number of hydrogen-bond donors (Lipinski definition) is 3. The van der Waals surface area contributed by atoms with Gasteiger partial charge in [0.25, 0.3) is 0 Å². The SMILES string of the molecule is CCNC(=NCC(C)(O)c1ccco1)NC1CC1c1c(F)cccc1F. The maximum Gasteiger partial charge on any atom is 0.191 e. The number of halogens is 2. The molecule has 1 aromatic carbocycles. The van der Waals surface area contributed by atoms with E-state index < -0.39 is 17.2 Å². The first-order valence-corrected chi connectivity index (χ1v) is 8.67. The summed E-state index contributed by atoms with van der Waals surface area (Å²) in [5, 5.41) is 16.7. The third kappa shape index (κ3) is 4.04. The van der Waals surface area contributed by atoms with Crippen molar-refractivity contribution < 1.29 is 18.3 Å². The number of nitrogens with zero attached hydrogens (tertiary/aromatic N) is 1. The van der Waals surface area contributed by atoms with Crippen molar-refractivity contribution in [1.29, 1.82) is 0 Å². The lowest BCUT2D eigenvalue weighted by Crippen LogP contribution is -2.40. The summed E-state index contributed by atoms with van der Waals surface area (Å²) < 4.78 is 33.1. The smallest absolute Gasteiger partial charge is 0.191 e. The van der Waals surface area contributed by atoms with Gasteiger partial charge in [-0.15, -0.1) is 0 Å². The normalized spacial score (nSPS) is 22.0. The van der Waals surface area contributed by atoms with Gasteiger partial charge in [0.15, 0.2) is 5.96 Å². The summed E-state index contributed by atoms with van der Waals surface area (Å²) in [6.45, 7) is 4.25. The van der Waals surface area contributed by atoms with Gasteiger partial charge in [-0.2, -0.15) is 0 Å². The van der Waals surface area contributed by atoms with Gasteiger partial charge < -0.3 is 20.2 Å². The first-order valence-electron chi connectivity index (χ1n) is 8.67. The van der Waals surface area contributed by atoms with Crippen molar-refractivity contribution in [2.24, 2.45) is 4.99 Å². The largest absolute Gasteiger partial charge is 0.466 e. The van der Waals surface area contributed by atoms with Gasteiger partial charge >= 0.3 is 0 Å². The molecule has 0 aliphatic heterocycles. The van der Waals surface area contributed by atoms with Gasteiger partial charge in [-0.1, -0.05) is 6.07 Å². The predicted molar refractivity (Wildman–Crippen MR) is 94.9 cm³/mol. The highest BCUT2D eigenvalue weighted by molar-refractivity contribution is 5.80. The second kappa shape index (κ2) is 7.45. The Morgan fingerprint density at radius 3 is 2.65 bits per heavy atom. The lowest BCUT2D eigenvalue weighted by Gasteiger charge is -2.19. The highest BCUT2D eigenvalue weighted by Gasteiger charge is 2.42. The molecule has 7 heteroatoms. The van der Waals surface area contributed by atoms with Crippen LogP contribution in [0.1, 0.15) is 37.5 Å². The molecule has 1 aromatic heterocycles. The van der Waals surface area contributed by atoms with Crippen LogP contribution in [-0.4, -0.2) is 30.2 Å². The Morgan fingerprint density at radius 1 is 1.31 bits per heavy atom. The number of aliphatic imine (C=N–C) groups is 1. The van der Waals surface area contributed by atoms with Crippen molar-refractivity contribution in [2.75, 3.05) is 13.1 Å². The lowest BCUT2D eigenvalue weighted by molar-refractivity contribution is 0.0437. The van der Waals surface area contributed by atoms with Crippen molar-refractivity contribution >= 4 is 5.96 Å². The molecular formula is C19H23F2N3O2. The number of aliphatic hydroxyl groups is 1. The number of guanidine groups is 1. The Bertz CT molecular complexity index is 755. The molecule has 1 aliphatic rings. The first kappa shape index (κ1) is 18.4. The summed E-state index contributed by atoms with van der Waals surface area (Å²) in [5.41, 5.74) is -1.13. The molecule has 0 spiro atoms. The lowest BCUT2D eigenvalue weighted by atomic mass is 10.0. The monoisotopic (exact) mass is 363 g/mol. The highest BCUT2D eigenvalue weighted by atomic mass is 19.1. The van der Waals surface area contributed by atoms with Crippen molar-refractivity contribution in [3.05, 3.63) is 59.6 Å². The van der Waals surface area contributed by atoms with Crippen LogP contribution in [0, 0.1) is 11.6 Å². The van der Waals surface area contributed by atoms with E-state index in [4.69, 9.17) is 4.42 Å². The van der Waals surface area contributed by atoms with Crippen LogP contribution in [0.2, 0.25) is 0 Å². The molecule has 3 N–H and O–H groups in total. The molecule has 3 rings (SSSR count). The van der Waals surface area contributed by atoms with E-state index in [9.17, 15) is 13.9 Å². The van der Waals surface area contributed by atoms with E-state index in [0.717, 1.165) is 0 Å². The minimum atomic E-state index is -1.24. The molecule has 1 fully saturated rings. The van der Waals surface area contributed by atoms with E-state index >= 15 is 0 Å². The van der Waals surface area contributed by atoms with Crippen molar-refractivity contribution in [2.45, 2.75) is 37.8 Å². The number of hydrogen-bond acceptors (Lipinski definition) is 3. The van der Waals surface area contributed by atoms with E-state index in [2.05, 4.69) is 15.6 Å². The van der Waals surface area contributed by atoms with E-state index in [1.807, 2.05) is 6.92 Å². The molecule has 0 radical (unpaired) electrons. The van der Waals surface area contributed by atoms with E-state index in [0.29, 0.717) is 24.7 Å². The van der Waals surface area contributed by atoms with Gasteiger partial charge in [0, 0.05) is 24.1 Å². The van der Waals surface area contributed by atoms with Crippen molar-refractivity contribution in [3.63, 3.8) is 0 Å². The molecule has 5 nitrogen and oxygen atoms in total. The van der Waals surface area contributed by atoms with Crippen LogP contribution in [0.3, 0.4) is 0 Å². The Kier molecular flexibility index (Phi) is 5.27. The Hall–Kier alpha value is -2.41. The van der Waals surface area contributed by atoms with Crippen LogP contribution >= 0.6 is 0 Å². The molecule has 1 aliphatic carbocycles. The number of benzene rings is 1. The minimum Gasteiger partial charge on any atom is -0.466 e. The number of rotatable bonds is 6. The molecule has 0 saturated heterocycles. The maximum absolute atomic E-state index is 13.9. The van der Waals surface area contributed by atoms with Gasteiger partial charge in [-0.3, -0.25) is 0 Å². The Morgan fingerprint density at radius 2 is 2.04 bits per heavy atom. The summed E-state index contributed by atoms with van der Waals surface area (Å²) in [6.07, 6.45) is 2.12. The summed E-state index contributed by atoms with van der Waals surface area (Å²) in [6, 6.07) is 7.19. The molecule has 1 saturated carbocycles. The summed E-state index contributed by atoms with van der Waals surface area (Å²) in [7, 11) is 0. The van der Waals surface area contributed by atoms with E-state index in [1.54, 1.807) is 19.1 Å². The standard InChI is InChI=1S/C19H23F2N3O2/c1-3-22-18(23-11-19(2,25)16-8-5-9-26-16)24-15-10-12(15)17-13(20)6-4-7-14(17)21/h4-9,12,15,25H,3,10-11H2,1-2H3,(H2,22,23,24). The Labute approximate surface area is 151 Å². The summed E-state index contributed by atoms with van der Waals surface area (Å²) in [5.74, 6) is -0.368. The molecule has 26 heavy (non-hydrogen) atoms. The molecule has 0 amide bonds. The van der Waals surface area contributed by atoms with Gasteiger partial charge in [-0.25, -0.2) is 13.8 Å². The zero-order chi connectivity index (χ0) is 18.7. The topological polar surface area (TPSA) is 69.8 Å². The predicted octanol–water partition coefficient (Wildman–Crippen LogP) is 2.88. The maximum atomic E-state index is 13.9. The average Bonchev–Trinajstić information content (AvgIpc) is 3.10. The fourth-order valence-corrected chi connectivity index (χ4v) is 2.93. The van der Waals surface area contributed by atoms with Gasteiger partial charge in [-0.05, 0) is 44.5 Å². The molecule has 140 valence electrons. The molecule has 2 aromatic rings. The van der Waals surface area contributed by atoms with E-state index in [1.165, 1.54) is 24.5 Å². The number of nitrogens with one attached hydrogen (secondary N) is 2. The third-order valence-electron chi connectivity index (χ3n) is 4.42. The molecule has 0 bridgehead atoms. The van der Waals surface area contributed by atoms with Crippen LogP contribution in [0.15, 0.2) is 46.0 Å². The van der Waals surface area contributed by atoms with Crippen LogP contribution < -0.4 is 10.6 Å². The van der Waals surface area contributed by atoms with Gasteiger partial charge in [0.05, 0.1) is 12.8 Å². The highest BCUT2D eigenvalue weighted by Crippen LogP contribution is 2.43. The average molecular weight is 363 g/mol. The van der Waals surface area contributed by atoms with Crippen molar-refractivity contribution in [1.82, 2.24) is 10.6 Å². The Balaban J connectivity index is 1.66. The quantitative estimate of drug-likeness (QED) is 0.545. The zero-order valence-corrected chi connectivity index (χ0v) is 14.8. The zero-order valence-electron chi connectivity index (χ0n) is 14.8. The second-order valence-corrected chi connectivity index (χ2v) is 6.67. The number of furan rings is 1.